The van der Waals surface area contributed by atoms with Gasteiger partial charge < -0.3 is 14.6 Å². The molecule has 1 aromatic carbocycles. The molecule has 1 fully saturated rings. The van der Waals surface area contributed by atoms with Gasteiger partial charge in [-0.3, -0.25) is 9.59 Å². The second-order valence-corrected chi connectivity index (χ2v) is 9.11. The lowest BCUT2D eigenvalue weighted by Gasteiger charge is -2.37. The molecule has 2 heterocycles. The first-order valence-electron chi connectivity index (χ1n) is 10.8. The summed E-state index contributed by atoms with van der Waals surface area (Å²) in [4.78, 5) is 31.1. The predicted molar refractivity (Wildman–Crippen MR) is 116 cm³/mol. The minimum absolute atomic E-state index is 0.0136. The van der Waals surface area contributed by atoms with E-state index in [1.54, 1.807) is 11.6 Å². The van der Waals surface area contributed by atoms with Crippen molar-refractivity contribution in [2.75, 3.05) is 7.05 Å². The van der Waals surface area contributed by atoms with Crippen LogP contribution in [0.3, 0.4) is 0 Å². The number of fused-ring (bicyclic) bond motifs is 1. The first-order chi connectivity index (χ1) is 14.8. The van der Waals surface area contributed by atoms with Gasteiger partial charge in [0, 0.05) is 25.4 Å². The van der Waals surface area contributed by atoms with Crippen LogP contribution in [0, 0.1) is 25.2 Å². The molecule has 1 saturated carbocycles. The Kier molecular flexibility index (Phi) is 5.34. The molecule has 0 radical (unpaired) electrons. The first kappa shape index (κ1) is 21.1. The summed E-state index contributed by atoms with van der Waals surface area (Å²) in [5.41, 5.74) is 2.70. The van der Waals surface area contributed by atoms with Crippen LogP contribution in [-0.4, -0.2) is 38.6 Å². The van der Waals surface area contributed by atoms with Crippen molar-refractivity contribution in [1.29, 1.82) is 5.26 Å². The molecule has 1 amide bonds. The Morgan fingerprint density at radius 2 is 1.84 bits per heavy atom. The Bertz CT molecular complexity index is 1120. The summed E-state index contributed by atoms with van der Waals surface area (Å²) < 4.78 is 1.68. The summed E-state index contributed by atoms with van der Waals surface area (Å²) in [6.07, 6.45) is 4.86. The number of hydrogen-bond acceptors (Lipinski definition) is 5. The molecule has 0 unspecified atom stereocenters. The fraction of sp³-hybridized carbons (Fsp3) is 0.500. The smallest absolute Gasteiger partial charge is 0.315 e. The van der Waals surface area contributed by atoms with Crippen LogP contribution >= 0.6 is 0 Å². The number of aryl methyl sites for hydroxylation is 2. The van der Waals surface area contributed by atoms with Crippen molar-refractivity contribution in [3.63, 3.8) is 0 Å². The van der Waals surface area contributed by atoms with E-state index >= 15 is 0 Å². The molecule has 2 aromatic rings. The topological polar surface area (TPSA) is 99.2 Å². The van der Waals surface area contributed by atoms with Crippen molar-refractivity contribution < 1.29 is 9.90 Å². The normalized spacial score (nSPS) is 19.9. The zero-order chi connectivity index (χ0) is 22.3. The average molecular weight is 421 g/mol. The summed E-state index contributed by atoms with van der Waals surface area (Å²) in [6.45, 7) is 4.51. The van der Waals surface area contributed by atoms with E-state index in [9.17, 15) is 20.0 Å². The van der Waals surface area contributed by atoms with Crippen molar-refractivity contribution in [3.8, 4) is 11.8 Å². The van der Waals surface area contributed by atoms with Crippen LogP contribution in [0.4, 0.5) is 0 Å². The van der Waals surface area contributed by atoms with Gasteiger partial charge in [-0.05, 0) is 32.3 Å². The van der Waals surface area contributed by atoms with Gasteiger partial charge in [-0.15, -0.1) is 0 Å². The lowest BCUT2D eigenvalue weighted by atomic mass is 9.75. The molecule has 2 aliphatic rings. The highest BCUT2D eigenvalue weighted by Crippen LogP contribution is 2.44. The third-order valence-corrected chi connectivity index (χ3v) is 6.92. The molecule has 4 rings (SSSR count). The second kappa shape index (κ2) is 7.84. The molecule has 1 atom stereocenters. The van der Waals surface area contributed by atoms with E-state index in [0.717, 1.165) is 25.7 Å². The standard InChI is InChI=1S/C24H28N4O3/c1-15-10-16(2)12-17(11-15)24(7-4-5-8-24)13-19-26-22(30)21(29)20-23(31)27(3)18(6-9-25)14-28(19)20/h10-12,18,29H,4-8,13-14H2,1-3H3/t18-/m0/s1. The fourth-order valence-corrected chi connectivity index (χ4v) is 5.31. The molecule has 7 nitrogen and oxygen atoms in total. The molecule has 0 bridgehead atoms. The lowest BCUT2D eigenvalue weighted by molar-refractivity contribution is 0.0646. The zero-order valence-corrected chi connectivity index (χ0v) is 18.3. The first-order valence-corrected chi connectivity index (χ1v) is 10.8. The third-order valence-electron chi connectivity index (χ3n) is 6.92. The number of nitrogens with zero attached hydrogens (tertiary/aromatic N) is 4. The SMILES string of the molecule is Cc1cc(C)cc(C2(Cc3nc(=O)c(O)c4n3C[C@H](CC#N)N(C)C4=O)CCCC2)c1. The van der Waals surface area contributed by atoms with Gasteiger partial charge in [-0.25, -0.2) is 0 Å². The molecule has 1 aliphatic heterocycles. The second-order valence-electron chi connectivity index (χ2n) is 9.11. The Balaban J connectivity index is 1.85. The van der Waals surface area contributed by atoms with E-state index in [0.29, 0.717) is 18.8 Å². The number of nitriles is 1. The highest BCUT2D eigenvalue weighted by atomic mass is 16.3. The largest absolute Gasteiger partial charge is 0.501 e. The van der Waals surface area contributed by atoms with Gasteiger partial charge >= 0.3 is 5.56 Å². The van der Waals surface area contributed by atoms with Crippen molar-refractivity contribution >= 4 is 5.91 Å². The number of amides is 1. The number of benzene rings is 1. The number of aromatic hydroxyl groups is 1. The maximum Gasteiger partial charge on any atom is 0.315 e. The number of likely N-dealkylation sites (N-methyl/N-ethyl adjacent to an activating group) is 1. The zero-order valence-electron chi connectivity index (χ0n) is 18.3. The molecule has 0 saturated heterocycles. The van der Waals surface area contributed by atoms with Gasteiger partial charge in [0.05, 0.1) is 18.5 Å². The highest BCUT2D eigenvalue weighted by molar-refractivity contribution is 5.95. The van der Waals surface area contributed by atoms with Crippen LogP contribution in [0.25, 0.3) is 0 Å². The summed E-state index contributed by atoms with van der Waals surface area (Å²) in [5.74, 6) is -0.539. The van der Waals surface area contributed by atoms with E-state index in [-0.39, 0.29) is 23.6 Å². The minimum Gasteiger partial charge on any atom is -0.501 e. The van der Waals surface area contributed by atoms with Crippen molar-refractivity contribution in [1.82, 2.24) is 14.5 Å². The van der Waals surface area contributed by atoms with E-state index in [1.165, 1.54) is 21.6 Å². The Labute approximate surface area is 182 Å². The van der Waals surface area contributed by atoms with Gasteiger partial charge in [0.15, 0.2) is 5.69 Å². The molecule has 1 aliphatic carbocycles. The van der Waals surface area contributed by atoms with Gasteiger partial charge in [0.1, 0.15) is 5.82 Å². The van der Waals surface area contributed by atoms with Crippen LogP contribution < -0.4 is 5.56 Å². The van der Waals surface area contributed by atoms with E-state index in [1.807, 2.05) is 0 Å². The Morgan fingerprint density at radius 1 is 1.19 bits per heavy atom. The molecule has 1 N–H and O–H groups in total. The number of carbonyl (C=O) groups excluding carboxylic acids is 1. The number of carbonyl (C=O) groups is 1. The van der Waals surface area contributed by atoms with E-state index in [4.69, 9.17) is 0 Å². The predicted octanol–water partition coefficient (Wildman–Crippen LogP) is 2.99. The van der Waals surface area contributed by atoms with E-state index in [2.05, 4.69) is 43.1 Å². The third kappa shape index (κ3) is 3.60. The quantitative estimate of drug-likeness (QED) is 0.820. The Hall–Kier alpha value is -3.14. The summed E-state index contributed by atoms with van der Waals surface area (Å²) >= 11 is 0. The van der Waals surface area contributed by atoms with E-state index < -0.39 is 17.2 Å². The molecule has 31 heavy (non-hydrogen) atoms. The van der Waals surface area contributed by atoms with Crippen LogP contribution in [0.1, 0.15) is 65.1 Å². The molecule has 1 aromatic heterocycles. The maximum atomic E-state index is 13.0. The maximum absolute atomic E-state index is 13.0. The molecular weight excluding hydrogens is 392 g/mol. The van der Waals surface area contributed by atoms with Crippen molar-refractivity contribution in [2.45, 2.75) is 70.4 Å². The summed E-state index contributed by atoms with van der Waals surface area (Å²) in [7, 11) is 1.60. The fourth-order valence-electron chi connectivity index (χ4n) is 5.31. The van der Waals surface area contributed by atoms with Crippen molar-refractivity contribution in [3.05, 3.63) is 56.8 Å². The van der Waals surface area contributed by atoms with Crippen LogP contribution in [0.5, 0.6) is 5.75 Å². The summed E-state index contributed by atoms with van der Waals surface area (Å²) in [5, 5.41) is 19.6. The van der Waals surface area contributed by atoms with Crippen LogP contribution in [-0.2, 0) is 18.4 Å². The van der Waals surface area contributed by atoms with Crippen LogP contribution in [0.15, 0.2) is 23.0 Å². The summed E-state index contributed by atoms with van der Waals surface area (Å²) in [6, 6.07) is 8.38. The highest BCUT2D eigenvalue weighted by Gasteiger charge is 2.40. The molecule has 7 heteroatoms. The molecule has 162 valence electrons. The van der Waals surface area contributed by atoms with Gasteiger partial charge in [-0.1, -0.05) is 42.2 Å². The molecular formula is C24H28N4O3. The average Bonchev–Trinajstić information content (AvgIpc) is 3.19. The lowest BCUT2D eigenvalue weighted by Crippen LogP contribution is -2.48. The van der Waals surface area contributed by atoms with Crippen LogP contribution in [0.2, 0.25) is 0 Å². The number of aromatic nitrogens is 2. The van der Waals surface area contributed by atoms with Gasteiger partial charge in [-0.2, -0.15) is 10.2 Å². The van der Waals surface area contributed by atoms with Gasteiger partial charge in [0.25, 0.3) is 5.91 Å². The number of rotatable bonds is 4. The molecule has 0 spiro atoms. The minimum atomic E-state index is -0.768. The Morgan fingerprint density at radius 3 is 2.45 bits per heavy atom. The monoisotopic (exact) mass is 420 g/mol. The van der Waals surface area contributed by atoms with Crippen molar-refractivity contribution in [2.24, 2.45) is 0 Å². The number of hydrogen-bond donors (Lipinski definition) is 1. The van der Waals surface area contributed by atoms with Gasteiger partial charge in [0.2, 0.25) is 5.75 Å².